The lowest BCUT2D eigenvalue weighted by Gasteiger charge is -2.28. The third-order valence-electron chi connectivity index (χ3n) is 16.2. The van der Waals surface area contributed by atoms with Gasteiger partial charge < -0.3 is 47.7 Å². The molecular formula is C78H72N2O8. The Labute approximate surface area is 514 Å². The molecule has 0 aliphatic carbocycles. The van der Waals surface area contributed by atoms with Gasteiger partial charge in [0.25, 0.3) is 0 Å². The minimum Gasteiger partial charge on any atom is -0.494 e. The van der Waals surface area contributed by atoms with Crippen molar-refractivity contribution >= 4 is 98.8 Å². The van der Waals surface area contributed by atoms with E-state index in [1.54, 1.807) is 0 Å². The first kappa shape index (κ1) is 57.0. The second kappa shape index (κ2) is 24.7. The van der Waals surface area contributed by atoms with Gasteiger partial charge in [-0.05, 0) is 144 Å². The molecule has 0 spiro atoms. The summed E-state index contributed by atoms with van der Waals surface area (Å²) in [5.41, 5.74) is 10.0. The van der Waals surface area contributed by atoms with E-state index >= 15 is 0 Å². The average molecular weight is 1170 g/mol. The molecule has 0 atom stereocenters. The maximum atomic E-state index is 6.28. The molecule has 0 saturated carbocycles. The molecule has 10 heteroatoms. The molecule has 0 unspecified atom stereocenters. The Balaban J connectivity index is 1.16. The fraction of sp³-hybridized carbons (Fsp3) is 0.205. The van der Waals surface area contributed by atoms with E-state index < -0.39 is 0 Å². The van der Waals surface area contributed by atoms with Crippen LogP contribution in [0.5, 0.6) is 46.0 Å². The second-order valence-electron chi connectivity index (χ2n) is 21.5. The quantitative estimate of drug-likeness (QED) is 0.0584. The van der Waals surface area contributed by atoms with E-state index in [0.29, 0.717) is 98.9 Å². The van der Waals surface area contributed by atoms with Crippen molar-refractivity contribution in [3.05, 3.63) is 194 Å². The summed E-state index contributed by atoms with van der Waals surface area (Å²) in [6.07, 6.45) is 0. The highest BCUT2D eigenvalue weighted by atomic mass is 16.5. The zero-order valence-electron chi connectivity index (χ0n) is 51.3. The number of anilines is 6. The third kappa shape index (κ3) is 10.3. The van der Waals surface area contributed by atoms with E-state index in [4.69, 9.17) is 37.9 Å². The summed E-state index contributed by atoms with van der Waals surface area (Å²) in [6, 6.07) is 69.5. The van der Waals surface area contributed by atoms with Gasteiger partial charge in [0.2, 0.25) is 0 Å². The number of nitrogens with zero attached hydrogens (tertiary/aromatic N) is 2. The van der Waals surface area contributed by atoms with E-state index in [1.807, 2.05) is 79.7 Å². The van der Waals surface area contributed by atoms with Crippen LogP contribution in [0.25, 0.3) is 86.9 Å². The summed E-state index contributed by atoms with van der Waals surface area (Å²) in [5, 5.41) is 13.9. The van der Waals surface area contributed by atoms with Gasteiger partial charge in [-0.25, -0.2) is 0 Å². The first-order valence-electron chi connectivity index (χ1n) is 31.0. The van der Waals surface area contributed by atoms with Gasteiger partial charge in [-0.2, -0.15) is 0 Å². The van der Waals surface area contributed by atoms with E-state index in [0.717, 1.165) is 77.6 Å². The van der Waals surface area contributed by atoms with Crippen molar-refractivity contribution in [2.45, 2.75) is 55.4 Å². The van der Waals surface area contributed by atoms with Crippen LogP contribution in [0.3, 0.4) is 0 Å². The summed E-state index contributed by atoms with van der Waals surface area (Å²) in [5.74, 6) is 5.67. The Morgan fingerprint density at radius 1 is 0.227 bits per heavy atom. The van der Waals surface area contributed by atoms with Crippen molar-refractivity contribution < 1.29 is 37.9 Å². The van der Waals surface area contributed by atoms with Crippen molar-refractivity contribution in [1.82, 2.24) is 0 Å². The standard InChI is InChI=1S/C78H72N2O8/c1-9-81-55-37-51(38-56(45-55)82-10-2)79(52-39-57(83-11-3)46-58(40-52)84-12-4)69-35-33-67-73-63(69)29-23-31-65(73)75-71(49-25-19-17-20-26-49)78-68-34-36-70(64-30-24-32-66(74(64)68)76(78)72(77(67)75)50-27-21-18-22-28-50)80(53-41-59(85-13-5)47-60(42-53)86-14-6)54-43-61(87-15-7)48-62(44-54)88-16-8/h17-48H,9-16H2,1-8H3. The van der Waals surface area contributed by atoms with Crippen molar-refractivity contribution in [1.29, 1.82) is 0 Å². The molecule has 13 aromatic rings. The predicted octanol–water partition coefficient (Wildman–Crippen LogP) is 20.9. The lowest BCUT2D eigenvalue weighted by atomic mass is 9.87. The number of hydrogen-bond acceptors (Lipinski definition) is 10. The van der Waals surface area contributed by atoms with Crippen LogP contribution in [0, 0.1) is 0 Å². The summed E-state index contributed by atoms with van der Waals surface area (Å²) in [6.45, 7) is 20.0. The normalized spacial score (nSPS) is 11.5. The van der Waals surface area contributed by atoms with Crippen molar-refractivity contribution in [2.24, 2.45) is 0 Å². The number of benzene rings is 11. The zero-order chi connectivity index (χ0) is 60.4. The molecule has 0 bridgehead atoms. The molecule has 13 rings (SSSR count). The minimum absolute atomic E-state index is 0.497. The summed E-state index contributed by atoms with van der Waals surface area (Å²) >= 11 is 0. The highest BCUT2D eigenvalue weighted by Crippen LogP contribution is 2.58. The summed E-state index contributed by atoms with van der Waals surface area (Å²) in [4.78, 5) is 4.59. The molecule has 0 N–H and O–H groups in total. The van der Waals surface area contributed by atoms with Crippen LogP contribution in [-0.2, 0) is 0 Å². The Kier molecular flexibility index (Phi) is 16.0. The van der Waals surface area contributed by atoms with E-state index in [9.17, 15) is 0 Å². The van der Waals surface area contributed by atoms with Crippen LogP contribution in [-0.4, -0.2) is 52.9 Å². The largest absolute Gasteiger partial charge is 0.494 e. The van der Waals surface area contributed by atoms with E-state index in [-0.39, 0.29) is 0 Å². The fourth-order valence-electron chi connectivity index (χ4n) is 13.2. The summed E-state index contributed by atoms with van der Waals surface area (Å²) in [7, 11) is 0. The van der Waals surface area contributed by atoms with Gasteiger partial charge in [0.1, 0.15) is 46.0 Å². The van der Waals surface area contributed by atoms with Crippen LogP contribution < -0.4 is 47.7 Å². The lowest BCUT2D eigenvalue weighted by Crippen LogP contribution is -2.12. The van der Waals surface area contributed by atoms with Gasteiger partial charge in [0.05, 0.1) is 87.0 Å². The monoisotopic (exact) mass is 1160 g/mol. The van der Waals surface area contributed by atoms with Crippen LogP contribution >= 0.6 is 0 Å². The number of hydrogen-bond donors (Lipinski definition) is 0. The van der Waals surface area contributed by atoms with Crippen molar-refractivity contribution in [2.75, 3.05) is 62.7 Å². The molecular weight excluding hydrogens is 1090 g/mol. The first-order valence-corrected chi connectivity index (χ1v) is 31.0. The van der Waals surface area contributed by atoms with Gasteiger partial charge in [0.15, 0.2) is 0 Å². The number of rotatable bonds is 24. The maximum absolute atomic E-state index is 6.28. The smallest absolute Gasteiger partial charge is 0.125 e. The van der Waals surface area contributed by atoms with Gasteiger partial charge >= 0.3 is 0 Å². The highest BCUT2D eigenvalue weighted by molar-refractivity contribution is 6.47. The first-order chi connectivity index (χ1) is 43.3. The molecule has 0 aliphatic rings. The van der Waals surface area contributed by atoms with E-state index in [2.05, 4.69) is 180 Å². The fourth-order valence-corrected chi connectivity index (χ4v) is 13.2. The predicted molar refractivity (Wildman–Crippen MR) is 363 cm³/mol. The molecule has 13 aromatic carbocycles. The molecule has 0 saturated heterocycles. The minimum atomic E-state index is 0.497. The molecule has 0 fully saturated rings. The third-order valence-corrected chi connectivity index (χ3v) is 16.2. The van der Waals surface area contributed by atoms with Crippen LogP contribution in [0.1, 0.15) is 55.4 Å². The molecule has 88 heavy (non-hydrogen) atoms. The van der Waals surface area contributed by atoms with Gasteiger partial charge in [-0.3, -0.25) is 0 Å². The molecule has 0 heterocycles. The Morgan fingerprint density at radius 2 is 0.466 bits per heavy atom. The van der Waals surface area contributed by atoms with Gasteiger partial charge in [-0.1, -0.05) is 109 Å². The van der Waals surface area contributed by atoms with Crippen LogP contribution in [0.2, 0.25) is 0 Å². The molecule has 0 aliphatic heterocycles. The topological polar surface area (TPSA) is 80.3 Å². The molecule has 0 radical (unpaired) electrons. The Hall–Kier alpha value is -10.1. The number of fused-ring (bicyclic) bond motifs is 6. The molecule has 0 amide bonds. The lowest BCUT2D eigenvalue weighted by molar-refractivity contribution is 0.322. The van der Waals surface area contributed by atoms with Crippen molar-refractivity contribution in [3.63, 3.8) is 0 Å². The van der Waals surface area contributed by atoms with Crippen LogP contribution in [0.4, 0.5) is 34.1 Å². The number of ether oxygens (including phenoxy) is 8. The van der Waals surface area contributed by atoms with Gasteiger partial charge in [0, 0.05) is 83.6 Å². The molecule has 442 valence electrons. The molecule has 0 aromatic heterocycles. The summed E-state index contributed by atoms with van der Waals surface area (Å²) < 4.78 is 50.3. The SMILES string of the molecule is CCOc1cc(OCC)cc(N(c2cc(OCC)cc(OCC)c2)c2ccc3c4c(-c5ccccc5)c5c6cccc7c(N(c8cc(OCC)cc(OCC)c8)c8cc(OCC)cc(OCC)c8)ccc(c5c(-c5ccccc5)c4c4cccc2c43)c76)c1. The average Bonchev–Trinajstić information content (AvgIpc) is 1.71. The van der Waals surface area contributed by atoms with Crippen molar-refractivity contribution in [3.8, 4) is 68.2 Å². The molecule has 10 nitrogen and oxygen atoms in total. The van der Waals surface area contributed by atoms with Gasteiger partial charge in [-0.15, -0.1) is 0 Å². The Bertz CT molecular complexity index is 4080. The van der Waals surface area contributed by atoms with E-state index in [1.165, 1.54) is 43.4 Å². The van der Waals surface area contributed by atoms with Crippen LogP contribution in [0.15, 0.2) is 194 Å². The second-order valence-corrected chi connectivity index (χ2v) is 21.5. The zero-order valence-corrected chi connectivity index (χ0v) is 51.3. The Morgan fingerprint density at radius 3 is 0.716 bits per heavy atom. The highest BCUT2D eigenvalue weighted by Gasteiger charge is 2.31. The maximum Gasteiger partial charge on any atom is 0.125 e.